The van der Waals surface area contributed by atoms with E-state index in [4.69, 9.17) is 22.7 Å². The van der Waals surface area contributed by atoms with Gasteiger partial charge < -0.3 is 10.5 Å². The topological polar surface area (TPSA) is 48.1 Å². The van der Waals surface area contributed by atoms with Crippen molar-refractivity contribution in [1.82, 2.24) is 4.98 Å². The second-order valence-corrected chi connectivity index (χ2v) is 5.08. The molecule has 0 bridgehead atoms. The number of aromatic nitrogens is 1. The predicted octanol–water partition coefficient (Wildman–Crippen LogP) is 3.45. The minimum atomic E-state index is 0.338. The summed E-state index contributed by atoms with van der Waals surface area (Å²) in [6.45, 7) is 0.447. The van der Waals surface area contributed by atoms with E-state index >= 15 is 0 Å². The largest absolute Gasteiger partial charge is 0.488 e. The minimum absolute atomic E-state index is 0.338. The van der Waals surface area contributed by atoms with Gasteiger partial charge in [0.2, 0.25) is 0 Å². The second kappa shape index (κ2) is 5.89. The van der Waals surface area contributed by atoms with E-state index in [2.05, 4.69) is 4.98 Å². The van der Waals surface area contributed by atoms with Gasteiger partial charge in [-0.25, -0.2) is 0 Å². The number of rotatable bonds is 4. The Morgan fingerprint density at radius 1 is 1.05 bits per heavy atom. The Labute approximate surface area is 128 Å². The Morgan fingerprint density at radius 3 is 2.67 bits per heavy atom. The van der Waals surface area contributed by atoms with E-state index in [1.54, 1.807) is 6.20 Å². The van der Waals surface area contributed by atoms with Gasteiger partial charge in [-0.05, 0) is 24.3 Å². The van der Waals surface area contributed by atoms with Crippen molar-refractivity contribution in [1.29, 1.82) is 0 Å². The van der Waals surface area contributed by atoms with Crippen LogP contribution in [0.3, 0.4) is 0 Å². The molecule has 104 valence electrons. The Kier molecular flexibility index (Phi) is 3.79. The average Bonchev–Trinajstić information content (AvgIpc) is 2.53. The van der Waals surface area contributed by atoms with Crippen LogP contribution < -0.4 is 10.5 Å². The maximum atomic E-state index is 5.90. The third-order valence-electron chi connectivity index (χ3n) is 3.28. The van der Waals surface area contributed by atoms with Crippen LogP contribution in [0.2, 0.25) is 0 Å². The van der Waals surface area contributed by atoms with E-state index < -0.39 is 0 Å². The van der Waals surface area contributed by atoms with Gasteiger partial charge in [0.05, 0.1) is 11.1 Å². The van der Waals surface area contributed by atoms with Crippen molar-refractivity contribution in [3.8, 4) is 5.75 Å². The molecule has 0 aliphatic rings. The Hall–Kier alpha value is -2.46. The van der Waals surface area contributed by atoms with Crippen molar-refractivity contribution in [2.45, 2.75) is 6.61 Å². The van der Waals surface area contributed by atoms with Crippen LogP contribution in [0.5, 0.6) is 5.75 Å². The molecule has 3 aromatic rings. The van der Waals surface area contributed by atoms with Crippen LogP contribution >= 0.6 is 12.2 Å². The molecule has 3 nitrogen and oxygen atoms in total. The smallest absolute Gasteiger partial charge is 0.129 e. The summed E-state index contributed by atoms with van der Waals surface area (Å²) in [4.78, 5) is 4.68. The van der Waals surface area contributed by atoms with Crippen LogP contribution in [0.15, 0.2) is 60.8 Å². The first-order chi connectivity index (χ1) is 10.3. The monoisotopic (exact) mass is 294 g/mol. The van der Waals surface area contributed by atoms with Gasteiger partial charge in [0.1, 0.15) is 17.3 Å². The number of hydrogen-bond acceptors (Lipinski definition) is 3. The number of hydrogen-bond donors (Lipinski definition) is 1. The van der Waals surface area contributed by atoms with Crippen LogP contribution in [0.4, 0.5) is 0 Å². The van der Waals surface area contributed by atoms with Crippen LogP contribution in [0.1, 0.15) is 11.1 Å². The fourth-order valence-corrected chi connectivity index (χ4v) is 2.40. The van der Waals surface area contributed by atoms with Gasteiger partial charge in [-0.1, -0.05) is 42.5 Å². The average molecular weight is 294 g/mol. The lowest BCUT2D eigenvalue weighted by Crippen LogP contribution is -2.11. The Balaban J connectivity index is 1.89. The molecule has 1 aromatic heterocycles. The maximum absolute atomic E-state index is 5.90. The third-order valence-corrected chi connectivity index (χ3v) is 3.49. The fourth-order valence-electron chi connectivity index (χ4n) is 2.23. The Morgan fingerprint density at radius 2 is 1.81 bits per heavy atom. The third kappa shape index (κ3) is 2.85. The van der Waals surface area contributed by atoms with Gasteiger partial charge in [0.15, 0.2) is 0 Å². The molecule has 4 heteroatoms. The molecule has 2 aromatic carbocycles. The highest BCUT2D eigenvalue weighted by molar-refractivity contribution is 7.80. The molecule has 0 fully saturated rings. The van der Waals surface area contributed by atoms with Crippen LogP contribution in [0.25, 0.3) is 10.9 Å². The molecule has 0 unspecified atom stereocenters. The van der Waals surface area contributed by atoms with E-state index in [1.807, 2.05) is 54.6 Å². The number of thiocarbonyl (C=S) groups is 1. The van der Waals surface area contributed by atoms with Crippen molar-refractivity contribution >= 4 is 28.1 Å². The van der Waals surface area contributed by atoms with Crippen LogP contribution in [-0.4, -0.2) is 9.97 Å². The molecule has 3 rings (SSSR count). The first-order valence-corrected chi connectivity index (χ1v) is 7.01. The second-order valence-electron chi connectivity index (χ2n) is 4.64. The van der Waals surface area contributed by atoms with E-state index in [0.717, 1.165) is 22.0 Å². The molecule has 0 aliphatic carbocycles. The van der Waals surface area contributed by atoms with Crippen molar-refractivity contribution < 1.29 is 4.74 Å². The molecule has 0 radical (unpaired) electrons. The number of fused-ring (bicyclic) bond motifs is 1. The zero-order chi connectivity index (χ0) is 14.7. The predicted molar refractivity (Wildman–Crippen MR) is 88.4 cm³/mol. The lowest BCUT2D eigenvalue weighted by Gasteiger charge is -2.11. The van der Waals surface area contributed by atoms with Gasteiger partial charge in [-0.3, -0.25) is 4.98 Å². The maximum Gasteiger partial charge on any atom is 0.129 e. The number of pyridine rings is 1. The molecule has 0 spiro atoms. The van der Waals surface area contributed by atoms with Gasteiger partial charge in [0, 0.05) is 17.1 Å². The quantitative estimate of drug-likeness (QED) is 0.749. The van der Waals surface area contributed by atoms with Crippen molar-refractivity contribution in [2.75, 3.05) is 0 Å². The van der Waals surface area contributed by atoms with Crippen LogP contribution in [-0.2, 0) is 6.61 Å². The van der Waals surface area contributed by atoms with E-state index in [0.29, 0.717) is 17.3 Å². The summed E-state index contributed by atoms with van der Waals surface area (Å²) in [5, 5.41) is 1.09. The fraction of sp³-hybridized carbons (Fsp3) is 0.0588. The molecule has 0 saturated heterocycles. The lowest BCUT2D eigenvalue weighted by molar-refractivity contribution is 0.307. The summed E-state index contributed by atoms with van der Waals surface area (Å²) >= 11 is 5.05. The summed E-state index contributed by atoms with van der Waals surface area (Å²) in [7, 11) is 0. The molecular formula is C17H14N2OS. The summed E-state index contributed by atoms with van der Waals surface area (Å²) in [5.41, 5.74) is 8.51. The van der Waals surface area contributed by atoms with Crippen molar-refractivity contribution in [3.63, 3.8) is 0 Å². The van der Waals surface area contributed by atoms with E-state index in [1.165, 1.54) is 0 Å². The number of ether oxygens (including phenoxy) is 1. The lowest BCUT2D eigenvalue weighted by atomic mass is 10.1. The van der Waals surface area contributed by atoms with E-state index in [-0.39, 0.29) is 0 Å². The number of para-hydroxylation sites is 2. The highest BCUT2D eigenvalue weighted by Gasteiger charge is 2.07. The minimum Gasteiger partial charge on any atom is -0.488 e. The van der Waals surface area contributed by atoms with Crippen LogP contribution in [0, 0.1) is 0 Å². The summed E-state index contributed by atoms with van der Waals surface area (Å²) in [6.07, 6.45) is 1.79. The molecule has 0 atom stereocenters. The first kappa shape index (κ1) is 13.5. The summed E-state index contributed by atoms with van der Waals surface area (Å²) in [6, 6.07) is 17.5. The molecule has 0 saturated carbocycles. The number of nitrogens with two attached hydrogens (primary N) is 1. The zero-order valence-corrected chi connectivity index (χ0v) is 12.1. The summed E-state index contributed by atoms with van der Waals surface area (Å²) in [5.74, 6) is 0.700. The highest BCUT2D eigenvalue weighted by Crippen LogP contribution is 2.22. The molecule has 21 heavy (non-hydrogen) atoms. The first-order valence-electron chi connectivity index (χ1n) is 6.60. The molecule has 1 heterocycles. The number of benzene rings is 2. The summed E-state index contributed by atoms with van der Waals surface area (Å²) < 4.78 is 5.90. The Bertz CT molecular complexity index is 796. The SMILES string of the molecule is NC(=S)c1ccccc1OCc1ccnc2ccccc12. The standard InChI is InChI=1S/C17H14N2OS/c18-17(21)14-6-2-4-8-16(14)20-11-12-9-10-19-15-7-3-1-5-13(12)15/h1-10H,11H2,(H2,18,21). The van der Waals surface area contributed by atoms with Gasteiger partial charge in [0.25, 0.3) is 0 Å². The zero-order valence-electron chi connectivity index (χ0n) is 11.3. The molecule has 0 aliphatic heterocycles. The van der Waals surface area contributed by atoms with Gasteiger partial charge in [-0.15, -0.1) is 0 Å². The normalized spacial score (nSPS) is 10.5. The number of nitrogens with zero attached hydrogens (tertiary/aromatic N) is 1. The van der Waals surface area contributed by atoms with Crippen molar-refractivity contribution in [2.24, 2.45) is 5.73 Å². The van der Waals surface area contributed by atoms with E-state index in [9.17, 15) is 0 Å². The van der Waals surface area contributed by atoms with Gasteiger partial charge in [-0.2, -0.15) is 0 Å². The molecular weight excluding hydrogens is 280 g/mol. The van der Waals surface area contributed by atoms with Gasteiger partial charge >= 0.3 is 0 Å². The molecule has 2 N–H and O–H groups in total. The molecule has 0 amide bonds. The highest BCUT2D eigenvalue weighted by atomic mass is 32.1. The van der Waals surface area contributed by atoms with Crippen molar-refractivity contribution in [3.05, 3.63) is 71.9 Å².